The third kappa shape index (κ3) is 3.88. The van der Waals surface area contributed by atoms with Gasteiger partial charge in [0.25, 0.3) is 0 Å². The van der Waals surface area contributed by atoms with E-state index in [1.165, 1.54) is 6.07 Å². The number of rotatable bonds is 4. The Morgan fingerprint density at radius 1 is 1.39 bits per heavy atom. The molecule has 0 N–H and O–H groups in total. The molecule has 0 saturated heterocycles. The van der Waals surface area contributed by atoms with Crippen LogP contribution >= 0.6 is 15.9 Å². The number of unbranched alkanes of at least 4 members (excludes halogenated alkanes) is 1. The summed E-state index contributed by atoms with van der Waals surface area (Å²) < 4.78 is 37.9. The van der Waals surface area contributed by atoms with Crippen LogP contribution in [0.5, 0.6) is 0 Å². The summed E-state index contributed by atoms with van der Waals surface area (Å²) >= 11 is 3.08. The zero-order chi connectivity index (χ0) is 13.8. The Balaban J connectivity index is 2.94. The monoisotopic (exact) mass is 318 g/mol. The number of alkyl halides is 3. The van der Waals surface area contributed by atoms with Crippen LogP contribution in [0.1, 0.15) is 35.2 Å². The average Bonchev–Trinajstić information content (AvgIpc) is 2.28. The highest BCUT2D eigenvalue weighted by Gasteiger charge is 2.31. The highest BCUT2D eigenvalue weighted by atomic mass is 79.9. The zero-order valence-corrected chi connectivity index (χ0v) is 10.9. The van der Waals surface area contributed by atoms with E-state index in [0.717, 1.165) is 12.1 Å². The molecule has 1 aromatic carbocycles. The van der Waals surface area contributed by atoms with Crippen LogP contribution in [-0.4, -0.2) is 5.78 Å². The summed E-state index contributed by atoms with van der Waals surface area (Å²) in [6.45, 7) is 0. The second kappa shape index (κ2) is 6.05. The number of halogens is 4. The van der Waals surface area contributed by atoms with Crippen molar-refractivity contribution in [2.75, 3.05) is 0 Å². The van der Waals surface area contributed by atoms with Crippen molar-refractivity contribution in [2.24, 2.45) is 0 Å². The van der Waals surface area contributed by atoms with Gasteiger partial charge in [-0.05, 0) is 24.6 Å². The van der Waals surface area contributed by atoms with Crippen LogP contribution in [0.2, 0.25) is 0 Å². The van der Waals surface area contributed by atoms with E-state index >= 15 is 0 Å². The third-order valence-electron chi connectivity index (χ3n) is 2.32. The maximum Gasteiger partial charge on any atom is 0.416 e. The zero-order valence-electron chi connectivity index (χ0n) is 9.35. The highest BCUT2D eigenvalue weighted by molar-refractivity contribution is 9.10. The summed E-state index contributed by atoms with van der Waals surface area (Å²) in [4.78, 5) is 11.8. The molecule has 0 heterocycles. The number of hydrogen-bond donors (Lipinski definition) is 0. The molecule has 1 rings (SSSR count). The van der Waals surface area contributed by atoms with Crippen LogP contribution in [0.3, 0.4) is 0 Å². The molecule has 0 aliphatic carbocycles. The summed E-state index contributed by atoms with van der Waals surface area (Å²) in [6.07, 6.45) is 1.64. The van der Waals surface area contributed by atoms with E-state index in [0.29, 0.717) is 17.3 Å². The quantitative estimate of drug-likeness (QED) is 0.455. The first-order valence-corrected chi connectivity index (χ1v) is 5.99. The van der Waals surface area contributed by atoms with Gasteiger partial charge >= 0.3 is 6.18 Å². The minimum Gasteiger partial charge on any atom is -0.294 e. The second-order valence-corrected chi connectivity index (χ2v) is 4.53. The lowest BCUT2D eigenvalue weighted by Crippen LogP contribution is -2.08. The van der Waals surface area contributed by atoms with E-state index in [4.69, 9.17) is 6.42 Å². The minimum absolute atomic E-state index is 0.0434. The van der Waals surface area contributed by atoms with E-state index in [9.17, 15) is 18.0 Å². The van der Waals surface area contributed by atoms with Crippen molar-refractivity contribution in [1.82, 2.24) is 0 Å². The SMILES string of the molecule is C#CCCCC(=O)c1cc(C(F)(F)F)ccc1Br. The Kier molecular flexibility index (Phi) is 4.97. The third-order valence-corrected chi connectivity index (χ3v) is 3.01. The lowest BCUT2D eigenvalue weighted by atomic mass is 10.0. The van der Waals surface area contributed by atoms with Crippen LogP contribution in [-0.2, 0) is 6.18 Å². The van der Waals surface area contributed by atoms with Crippen LogP contribution in [0, 0.1) is 12.3 Å². The largest absolute Gasteiger partial charge is 0.416 e. The molecule has 0 aliphatic rings. The molecule has 5 heteroatoms. The van der Waals surface area contributed by atoms with Crippen LogP contribution < -0.4 is 0 Å². The molecule has 0 atom stereocenters. The number of carbonyl (C=O) groups excluding carboxylic acids is 1. The molecule has 0 amide bonds. The van der Waals surface area contributed by atoms with Gasteiger partial charge in [0, 0.05) is 22.9 Å². The Morgan fingerprint density at radius 3 is 2.61 bits per heavy atom. The molecule has 0 bridgehead atoms. The van der Waals surface area contributed by atoms with Crippen molar-refractivity contribution < 1.29 is 18.0 Å². The number of ketones is 1. The number of Topliss-reactive ketones (excluding diaryl/α,β-unsaturated/α-hetero) is 1. The molecule has 0 saturated carbocycles. The topological polar surface area (TPSA) is 17.1 Å². The molecule has 1 aromatic rings. The number of hydrogen-bond acceptors (Lipinski definition) is 1. The number of benzene rings is 1. The Morgan fingerprint density at radius 2 is 2.06 bits per heavy atom. The molecule has 0 aromatic heterocycles. The fourth-order valence-corrected chi connectivity index (χ4v) is 1.87. The minimum atomic E-state index is -4.45. The number of carbonyl (C=O) groups is 1. The predicted molar refractivity (Wildman–Crippen MR) is 66.2 cm³/mol. The normalized spacial score (nSPS) is 11.1. The van der Waals surface area contributed by atoms with Crippen molar-refractivity contribution in [2.45, 2.75) is 25.4 Å². The van der Waals surface area contributed by atoms with E-state index in [1.807, 2.05) is 0 Å². The Labute approximate surface area is 112 Å². The standard InChI is InChI=1S/C13H10BrF3O/c1-2-3-4-5-12(18)10-8-9(13(15,16)17)6-7-11(10)14/h1,6-8H,3-5H2. The molecule has 0 unspecified atom stereocenters. The molecule has 0 fully saturated rings. The van der Waals surface area contributed by atoms with Gasteiger partial charge in [-0.2, -0.15) is 13.2 Å². The molecule has 0 aliphatic heterocycles. The van der Waals surface area contributed by atoms with Gasteiger partial charge in [0.1, 0.15) is 0 Å². The van der Waals surface area contributed by atoms with Crippen molar-refractivity contribution in [3.63, 3.8) is 0 Å². The summed E-state index contributed by atoms with van der Waals surface area (Å²) in [5, 5.41) is 0. The predicted octanol–water partition coefficient (Wildman–Crippen LogP) is 4.45. The Hall–Kier alpha value is -1.28. The maximum atomic E-state index is 12.5. The van der Waals surface area contributed by atoms with Crippen molar-refractivity contribution >= 4 is 21.7 Å². The summed E-state index contributed by atoms with van der Waals surface area (Å²) in [5.41, 5.74) is -0.784. The molecular weight excluding hydrogens is 309 g/mol. The van der Waals surface area contributed by atoms with Gasteiger partial charge in [-0.15, -0.1) is 12.3 Å². The number of terminal acetylenes is 1. The molecule has 96 valence electrons. The van der Waals surface area contributed by atoms with Gasteiger partial charge in [-0.25, -0.2) is 0 Å². The molecule has 0 radical (unpaired) electrons. The smallest absolute Gasteiger partial charge is 0.294 e. The van der Waals surface area contributed by atoms with Crippen molar-refractivity contribution in [3.05, 3.63) is 33.8 Å². The highest BCUT2D eigenvalue weighted by Crippen LogP contribution is 2.32. The molecular formula is C13H10BrF3O. The van der Waals surface area contributed by atoms with E-state index in [-0.39, 0.29) is 17.8 Å². The summed E-state index contributed by atoms with van der Waals surface area (Å²) in [5.74, 6) is 2.04. The molecule has 1 nitrogen and oxygen atoms in total. The van der Waals surface area contributed by atoms with E-state index in [2.05, 4.69) is 21.9 Å². The lowest BCUT2D eigenvalue weighted by molar-refractivity contribution is -0.137. The lowest BCUT2D eigenvalue weighted by Gasteiger charge is -2.09. The van der Waals surface area contributed by atoms with E-state index < -0.39 is 11.7 Å². The van der Waals surface area contributed by atoms with Crippen LogP contribution in [0.25, 0.3) is 0 Å². The van der Waals surface area contributed by atoms with Gasteiger partial charge in [-0.1, -0.05) is 15.9 Å². The Bertz CT molecular complexity index is 486. The maximum absolute atomic E-state index is 12.5. The fraction of sp³-hybridized carbons (Fsp3) is 0.308. The van der Waals surface area contributed by atoms with E-state index in [1.54, 1.807) is 0 Å². The molecule has 18 heavy (non-hydrogen) atoms. The van der Waals surface area contributed by atoms with Gasteiger partial charge in [0.05, 0.1) is 5.56 Å². The fourth-order valence-electron chi connectivity index (χ4n) is 1.40. The van der Waals surface area contributed by atoms with Crippen molar-refractivity contribution in [1.29, 1.82) is 0 Å². The first-order valence-electron chi connectivity index (χ1n) is 5.19. The van der Waals surface area contributed by atoms with Gasteiger partial charge in [0.2, 0.25) is 0 Å². The molecule has 0 spiro atoms. The van der Waals surface area contributed by atoms with Crippen molar-refractivity contribution in [3.8, 4) is 12.3 Å². The van der Waals surface area contributed by atoms with Gasteiger partial charge in [-0.3, -0.25) is 4.79 Å². The summed E-state index contributed by atoms with van der Waals surface area (Å²) in [7, 11) is 0. The first kappa shape index (κ1) is 14.8. The van der Waals surface area contributed by atoms with Gasteiger partial charge < -0.3 is 0 Å². The first-order chi connectivity index (χ1) is 8.36. The van der Waals surface area contributed by atoms with Gasteiger partial charge in [0.15, 0.2) is 5.78 Å². The second-order valence-electron chi connectivity index (χ2n) is 3.67. The average molecular weight is 319 g/mol. The summed E-state index contributed by atoms with van der Waals surface area (Å²) in [6, 6.07) is 3.03. The van der Waals surface area contributed by atoms with Crippen LogP contribution in [0.15, 0.2) is 22.7 Å². The van der Waals surface area contributed by atoms with Crippen LogP contribution in [0.4, 0.5) is 13.2 Å².